The average Bonchev–Trinajstić information content (AvgIpc) is 3.23. The molecule has 2 N–H and O–H groups in total. The highest BCUT2D eigenvalue weighted by Gasteiger charge is 2.27. The predicted octanol–water partition coefficient (Wildman–Crippen LogP) is 1.75. The van der Waals surface area contributed by atoms with Crippen molar-refractivity contribution in [2.75, 3.05) is 13.6 Å². The lowest BCUT2D eigenvalue weighted by atomic mass is 10.3. The van der Waals surface area contributed by atoms with E-state index in [0.717, 1.165) is 23.4 Å². The van der Waals surface area contributed by atoms with Crippen LogP contribution in [0.1, 0.15) is 18.7 Å². The summed E-state index contributed by atoms with van der Waals surface area (Å²) in [6.07, 6.45) is 2.47. The number of nitrogens with zero attached hydrogens (tertiary/aromatic N) is 4. The van der Waals surface area contributed by atoms with Crippen LogP contribution in [0.5, 0.6) is 0 Å². The molecule has 2 aromatic rings. The van der Waals surface area contributed by atoms with E-state index in [1.807, 2.05) is 32.2 Å². The minimum Gasteiger partial charge on any atom is -0.370 e. The van der Waals surface area contributed by atoms with Crippen LogP contribution >= 0.6 is 0 Å². The van der Waals surface area contributed by atoms with E-state index in [9.17, 15) is 0 Å². The first-order valence-electron chi connectivity index (χ1n) is 7.11. The number of hydrogen-bond acceptors (Lipinski definition) is 2. The van der Waals surface area contributed by atoms with E-state index in [-0.39, 0.29) is 0 Å². The predicted molar refractivity (Wildman–Crippen MR) is 81.7 cm³/mol. The van der Waals surface area contributed by atoms with Gasteiger partial charge in [-0.1, -0.05) is 12.1 Å². The number of hydrogen-bond donors (Lipinski definition) is 1. The third-order valence-corrected chi connectivity index (χ3v) is 3.90. The van der Waals surface area contributed by atoms with Gasteiger partial charge in [-0.2, -0.15) is 0 Å². The number of nitrogens with two attached hydrogens (primary N) is 1. The smallest absolute Gasteiger partial charge is 0.191 e. The fraction of sp³-hybridized carbons (Fsp3) is 0.467. The van der Waals surface area contributed by atoms with Crippen LogP contribution in [0.25, 0.3) is 11.0 Å². The number of aryl methyl sites for hydroxylation is 1. The summed E-state index contributed by atoms with van der Waals surface area (Å²) in [4.78, 5) is 11.1. The van der Waals surface area contributed by atoms with Crippen molar-refractivity contribution in [2.24, 2.45) is 10.7 Å². The molecule has 1 saturated carbocycles. The van der Waals surface area contributed by atoms with Crippen LogP contribution in [0.3, 0.4) is 0 Å². The Morgan fingerprint density at radius 2 is 2.20 bits per heavy atom. The molecular formula is C15H21N5. The Kier molecular flexibility index (Phi) is 3.34. The Morgan fingerprint density at radius 1 is 1.45 bits per heavy atom. The van der Waals surface area contributed by atoms with Crippen LogP contribution in [-0.2, 0) is 6.54 Å². The summed E-state index contributed by atoms with van der Waals surface area (Å²) < 4.78 is 2.20. The molecule has 0 atom stereocenters. The second kappa shape index (κ2) is 5.15. The molecule has 1 heterocycles. The van der Waals surface area contributed by atoms with Gasteiger partial charge in [0.25, 0.3) is 0 Å². The Morgan fingerprint density at radius 3 is 2.95 bits per heavy atom. The topological polar surface area (TPSA) is 59.4 Å². The number of para-hydroxylation sites is 2. The molecule has 0 bridgehead atoms. The minimum absolute atomic E-state index is 0.606. The summed E-state index contributed by atoms with van der Waals surface area (Å²) in [5, 5.41) is 0. The van der Waals surface area contributed by atoms with Crippen molar-refractivity contribution >= 4 is 17.0 Å². The normalized spacial score (nSPS) is 15.8. The Balaban J connectivity index is 1.70. The van der Waals surface area contributed by atoms with Gasteiger partial charge in [-0.05, 0) is 31.9 Å². The maximum absolute atomic E-state index is 6.00. The van der Waals surface area contributed by atoms with Crippen molar-refractivity contribution in [2.45, 2.75) is 32.4 Å². The summed E-state index contributed by atoms with van der Waals surface area (Å²) in [6.45, 7) is 3.53. The lowest BCUT2D eigenvalue weighted by Gasteiger charge is -2.17. The zero-order valence-corrected chi connectivity index (χ0v) is 12.1. The summed E-state index contributed by atoms with van der Waals surface area (Å²) in [5.74, 6) is 1.67. The van der Waals surface area contributed by atoms with Crippen molar-refractivity contribution in [3.8, 4) is 0 Å². The lowest BCUT2D eigenvalue weighted by Crippen LogP contribution is -2.36. The molecule has 20 heavy (non-hydrogen) atoms. The number of benzene rings is 1. The molecule has 0 spiro atoms. The van der Waals surface area contributed by atoms with Crippen LogP contribution in [0, 0.1) is 6.92 Å². The Labute approximate surface area is 119 Å². The van der Waals surface area contributed by atoms with Gasteiger partial charge in [0.05, 0.1) is 17.6 Å². The molecule has 0 aliphatic heterocycles. The largest absolute Gasteiger partial charge is 0.370 e. The third-order valence-electron chi connectivity index (χ3n) is 3.90. The highest BCUT2D eigenvalue weighted by atomic mass is 15.3. The van der Waals surface area contributed by atoms with E-state index in [4.69, 9.17) is 5.73 Å². The minimum atomic E-state index is 0.606. The molecule has 1 aliphatic rings. The van der Waals surface area contributed by atoms with Crippen molar-refractivity contribution in [1.82, 2.24) is 14.5 Å². The molecule has 0 unspecified atom stereocenters. The van der Waals surface area contributed by atoms with Crippen LogP contribution in [0.15, 0.2) is 29.3 Å². The van der Waals surface area contributed by atoms with Gasteiger partial charge in [-0.15, -0.1) is 0 Å². The second-order valence-electron chi connectivity index (χ2n) is 5.38. The van der Waals surface area contributed by atoms with Gasteiger partial charge in [0.2, 0.25) is 0 Å². The van der Waals surface area contributed by atoms with E-state index in [1.165, 1.54) is 12.8 Å². The molecule has 1 aromatic heterocycles. The van der Waals surface area contributed by atoms with E-state index >= 15 is 0 Å². The van der Waals surface area contributed by atoms with Crippen LogP contribution in [-0.4, -0.2) is 40.0 Å². The van der Waals surface area contributed by atoms with Gasteiger partial charge in [-0.3, -0.25) is 4.99 Å². The van der Waals surface area contributed by atoms with Crippen LogP contribution < -0.4 is 5.73 Å². The molecule has 5 heteroatoms. The standard InChI is InChI=1S/C15H21N5/c1-11-18-13-5-3-4-6-14(13)20(11)10-9-17-15(16)19(2)12-7-8-12/h3-6,12H,7-10H2,1-2H3,(H2,16,17). The molecule has 1 aliphatic carbocycles. The highest BCUT2D eigenvalue weighted by molar-refractivity contribution is 5.78. The highest BCUT2D eigenvalue weighted by Crippen LogP contribution is 2.24. The first-order chi connectivity index (χ1) is 9.66. The van der Waals surface area contributed by atoms with Crippen molar-refractivity contribution in [3.05, 3.63) is 30.1 Å². The molecule has 3 rings (SSSR count). The van der Waals surface area contributed by atoms with Gasteiger partial charge in [0.15, 0.2) is 5.96 Å². The first-order valence-corrected chi connectivity index (χ1v) is 7.11. The molecule has 106 valence electrons. The number of aliphatic imine (C=N–C) groups is 1. The Bertz CT molecular complexity index is 639. The van der Waals surface area contributed by atoms with Gasteiger partial charge in [0.1, 0.15) is 5.82 Å². The maximum Gasteiger partial charge on any atom is 0.191 e. The van der Waals surface area contributed by atoms with Crippen LogP contribution in [0.4, 0.5) is 0 Å². The average molecular weight is 271 g/mol. The first kappa shape index (κ1) is 13.0. The molecule has 0 saturated heterocycles. The van der Waals surface area contributed by atoms with Gasteiger partial charge >= 0.3 is 0 Å². The second-order valence-corrected chi connectivity index (χ2v) is 5.38. The number of fused-ring (bicyclic) bond motifs is 1. The monoisotopic (exact) mass is 271 g/mol. The number of aromatic nitrogens is 2. The van der Waals surface area contributed by atoms with Gasteiger partial charge in [0, 0.05) is 19.6 Å². The summed E-state index contributed by atoms with van der Waals surface area (Å²) in [7, 11) is 2.02. The molecular weight excluding hydrogens is 250 g/mol. The SMILES string of the molecule is Cc1nc2ccccc2n1CCN=C(N)N(C)C1CC1. The molecule has 1 aromatic carbocycles. The summed E-state index contributed by atoms with van der Waals surface area (Å²) in [6, 6.07) is 8.79. The summed E-state index contributed by atoms with van der Waals surface area (Å²) in [5.41, 5.74) is 8.20. The third kappa shape index (κ3) is 2.48. The van der Waals surface area contributed by atoms with Crippen LogP contribution in [0.2, 0.25) is 0 Å². The van der Waals surface area contributed by atoms with E-state index in [0.29, 0.717) is 18.5 Å². The quantitative estimate of drug-likeness (QED) is 0.681. The maximum atomic E-state index is 6.00. The Hall–Kier alpha value is -2.04. The van der Waals surface area contributed by atoms with E-state index in [1.54, 1.807) is 0 Å². The number of guanidine groups is 1. The molecule has 0 radical (unpaired) electrons. The van der Waals surface area contributed by atoms with Crippen molar-refractivity contribution < 1.29 is 0 Å². The number of imidazole rings is 1. The zero-order chi connectivity index (χ0) is 14.1. The van der Waals surface area contributed by atoms with Crippen molar-refractivity contribution in [3.63, 3.8) is 0 Å². The van der Waals surface area contributed by atoms with Crippen molar-refractivity contribution in [1.29, 1.82) is 0 Å². The lowest BCUT2D eigenvalue weighted by molar-refractivity contribution is 0.486. The fourth-order valence-electron chi connectivity index (χ4n) is 2.50. The number of rotatable bonds is 4. The molecule has 5 nitrogen and oxygen atoms in total. The van der Waals surface area contributed by atoms with E-state index in [2.05, 4.69) is 25.5 Å². The fourth-order valence-corrected chi connectivity index (χ4v) is 2.50. The summed E-state index contributed by atoms with van der Waals surface area (Å²) >= 11 is 0. The molecule has 0 amide bonds. The van der Waals surface area contributed by atoms with Gasteiger partial charge in [-0.25, -0.2) is 4.98 Å². The molecule has 1 fully saturated rings. The van der Waals surface area contributed by atoms with Gasteiger partial charge < -0.3 is 15.2 Å². The van der Waals surface area contributed by atoms with E-state index < -0.39 is 0 Å². The zero-order valence-electron chi connectivity index (χ0n) is 12.1.